The van der Waals surface area contributed by atoms with Gasteiger partial charge in [0, 0.05) is 24.2 Å². The highest BCUT2D eigenvalue weighted by Gasteiger charge is 2.14. The molecule has 0 spiro atoms. The lowest BCUT2D eigenvalue weighted by molar-refractivity contribution is -0.121. The molecule has 32 heavy (non-hydrogen) atoms. The van der Waals surface area contributed by atoms with Crippen molar-refractivity contribution < 1.29 is 4.79 Å². The van der Waals surface area contributed by atoms with Gasteiger partial charge in [0.05, 0.1) is 11.4 Å². The molecule has 3 aromatic carbocycles. The van der Waals surface area contributed by atoms with E-state index in [1.807, 2.05) is 65.5 Å². The van der Waals surface area contributed by atoms with Crippen LogP contribution in [0.3, 0.4) is 0 Å². The van der Waals surface area contributed by atoms with Crippen LogP contribution in [0, 0.1) is 0 Å². The van der Waals surface area contributed by atoms with E-state index in [-0.39, 0.29) is 11.9 Å². The van der Waals surface area contributed by atoms with E-state index in [1.54, 1.807) is 0 Å². The quantitative estimate of drug-likeness (QED) is 0.380. The number of hydrogen-bond acceptors (Lipinski definition) is 2. The third-order valence-electron chi connectivity index (χ3n) is 5.60. The highest BCUT2D eigenvalue weighted by Crippen LogP contribution is 2.24. The second kappa shape index (κ2) is 10.6. The maximum atomic E-state index is 12.6. The van der Waals surface area contributed by atoms with E-state index >= 15 is 0 Å². The van der Waals surface area contributed by atoms with Crippen LogP contribution in [0.5, 0.6) is 0 Å². The lowest BCUT2D eigenvalue weighted by atomic mass is 10.0. The summed E-state index contributed by atoms with van der Waals surface area (Å²) in [6.07, 6.45) is 5.02. The van der Waals surface area contributed by atoms with Crippen LogP contribution >= 0.6 is 0 Å². The molecule has 1 unspecified atom stereocenters. The molecular formula is C28H29N3O. The molecule has 1 atom stereocenters. The first kappa shape index (κ1) is 21.6. The second-order valence-electron chi connectivity index (χ2n) is 8.14. The summed E-state index contributed by atoms with van der Waals surface area (Å²) in [5, 5.41) is 7.99. The molecule has 4 nitrogen and oxygen atoms in total. The molecule has 4 rings (SSSR count). The Kier molecular flexibility index (Phi) is 7.13. The Morgan fingerprint density at radius 3 is 2.19 bits per heavy atom. The number of nitrogens with one attached hydrogen (secondary N) is 1. The van der Waals surface area contributed by atoms with Crippen molar-refractivity contribution in [1.82, 2.24) is 15.1 Å². The van der Waals surface area contributed by atoms with Gasteiger partial charge in [-0.2, -0.15) is 5.10 Å². The lowest BCUT2D eigenvalue weighted by Crippen LogP contribution is -2.33. The maximum Gasteiger partial charge on any atom is 0.220 e. The van der Waals surface area contributed by atoms with Crippen molar-refractivity contribution in [2.45, 2.75) is 38.6 Å². The van der Waals surface area contributed by atoms with Crippen LogP contribution < -0.4 is 5.32 Å². The first-order valence-corrected chi connectivity index (χ1v) is 11.2. The molecule has 1 N–H and O–H groups in total. The van der Waals surface area contributed by atoms with Crippen LogP contribution in [0.4, 0.5) is 0 Å². The number of amides is 1. The number of carbonyl (C=O) groups excluding carboxylic acids is 1. The average Bonchev–Trinajstić information content (AvgIpc) is 3.28. The van der Waals surface area contributed by atoms with E-state index in [2.05, 4.69) is 48.6 Å². The van der Waals surface area contributed by atoms with E-state index < -0.39 is 0 Å². The maximum absolute atomic E-state index is 12.6. The number of aryl methyl sites for hydroxylation is 2. The van der Waals surface area contributed by atoms with Gasteiger partial charge in [-0.1, -0.05) is 78.9 Å². The van der Waals surface area contributed by atoms with Crippen LogP contribution in [-0.2, 0) is 17.6 Å². The molecule has 1 amide bonds. The predicted octanol–water partition coefficient (Wildman–Crippen LogP) is 5.61. The molecule has 0 radical (unpaired) electrons. The zero-order valence-electron chi connectivity index (χ0n) is 18.4. The van der Waals surface area contributed by atoms with Crippen LogP contribution in [0.25, 0.3) is 16.9 Å². The standard InChI is InChI=1S/C28H29N3O/c1-22(17-18-23-11-5-2-6-12-23)29-27(32)20-19-25-21-31(26-15-9-4-10-16-26)30-28(25)24-13-7-3-8-14-24/h2-16,21-22H,17-20H2,1H3,(H,29,32). The average molecular weight is 424 g/mol. The minimum Gasteiger partial charge on any atom is -0.354 e. The number of benzene rings is 3. The molecule has 0 saturated heterocycles. The molecule has 0 saturated carbocycles. The lowest BCUT2D eigenvalue weighted by Gasteiger charge is -2.14. The minimum atomic E-state index is 0.0806. The first-order chi connectivity index (χ1) is 15.7. The first-order valence-electron chi connectivity index (χ1n) is 11.2. The molecular weight excluding hydrogens is 394 g/mol. The van der Waals surface area contributed by atoms with Gasteiger partial charge in [-0.25, -0.2) is 4.68 Å². The highest BCUT2D eigenvalue weighted by molar-refractivity contribution is 5.77. The Balaban J connectivity index is 1.40. The molecule has 0 aliphatic carbocycles. The second-order valence-corrected chi connectivity index (χ2v) is 8.14. The molecule has 1 heterocycles. The van der Waals surface area contributed by atoms with Crippen molar-refractivity contribution in [2.24, 2.45) is 0 Å². The molecule has 4 heteroatoms. The van der Waals surface area contributed by atoms with E-state index in [1.165, 1.54) is 5.56 Å². The van der Waals surface area contributed by atoms with Crippen molar-refractivity contribution in [3.05, 3.63) is 108 Å². The largest absolute Gasteiger partial charge is 0.354 e. The monoisotopic (exact) mass is 423 g/mol. The van der Waals surface area contributed by atoms with Gasteiger partial charge < -0.3 is 5.32 Å². The summed E-state index contributed by atoms with van der Waals surface area (Å²) in [7, 11) is 0. The van der Waals surface area contributed by atoms with E-state index in [4.69, 9.17) is 5.10 Å². The fourth-order valence-electron chi connectivity index (χ4n) is 3.84. The number of hydrogen-bond donors (Lipinski definition) is 1. The fraction of sp³-hybridized carbons (Fsp3) is 0.214. The van der Waals surface area contributed by atoms with Crippen molar-refractivity contribution in [3.63, 3.8) is 0 Å². The van der Waals surface area contributed by atoms with Gasteiger partial charge in [-0.15, -0.1) is 0 Å². The van der Waals surface area contributed by atoms with Crippen molar-refractivity contribution in [2.75, 3.05) is 0 Å². The van der Waals surface area contributed by atoms with Gasteiger partial charge in [0.1, 0.15) is 0 Å². The topological polar surface area (TPSA) is 46.9 Å². The normalized spacial score (nSPS) is 11.8. The van der Waals surface area contributed by atoms with Gasteiger partial charge in [0.2, 0.25) is 5.91 Å². The van der Waals surface area contributed by atoms with Crippen molar-refractivity contribution in [1.29, 1.82) is 0 Å². The predicted molar refractivity (Wildman–Crippen MR) is 130 cm³/mol. The minimum absolute atomic E-state index is 0.0806. The molecule has 162 valence electrons. The molecule has 0 aliphatic heterocycles. The molecule has 4 aromatic rings. The Hall–Kier alpha value is -3.66. The summed E-state index contributed by atoms with van der Waals surface area (Å²) in [5.74, 6) is 0.0806. The zero-order valence-corrected chi connectivity index (χ0v) is 18.4. The summed E-state index contributed by atoms with van der Waals surface area (Å²) in [4.78, 5) is 12.6. The molecule has 1 aromatic heterocycles. The number of rotatable bonds is 9. The number of para-hydroxylation sites is 1. The third-order valence-corrected chi connectivity index (χ3v) is 5.60. The SMILES string of the molecule is CC(CCc1ccccc1)NC(=O)CCc1cn(-c2ccccc2)nc1-c1ccccc1. The highest BCUT2D eigenvalue weighted by atomic mass is 16.1. The van der Waals surface area contributed by atoms with Gasteiger partial charge in [0.25, 0.3) is 0 Å². The zero-order chi connectivity index (χ0) is 22.2. The summed E-state index contributed by atoms with van der Waals surface area (Å²) in [6, 6.07) is 30.8. The summed E-state index contributed by atoms with van der Waals surface area (Å²) in [5.41, 5.74) is 5.38. The van der Waals surface area contributed by atoms with Crippen molar-refractivity contribution >= 4 is 5.91 Å². The Labute approximate surface area is 189 Å². The Bertz CT molecular complexity index is 1120. The van der Waals surface area contributed by atoms with E-state index in [0.717, 1.165) is 35.3 Å². The van der Waals surface area contributed by atoms with E-state index in [0.29, 0.717) is 12.8 Å². The Morgan fingerprint density at radius 2 is 1.50 bits per heavy atom. The van der Waals surface area contributed by atoms with Crippen LogP contribution in [-0.4, -0.2) is 21.7 Å². The van der Waals surface area contributed by atoms with E-state index in [9.17, 15) is 4.79 Å². The Morgan fingerprint density at radius 1 is 0.875 bits per heavy atom. The van der Waals surface area contributed by atoms with Gasteiger partial charge in [-0.3, -0.25) is 4.79 Å². The van der Waals surface area contributed by atoms with Gasteiger partial charge in [0.15, 0.2) is 0 Å². The van der Waals surface area contributed by atoms with Crippen LogP contribution in [0.2, 0.25) is 0 Å². The number of carbonyl (C=O) groups is 1. The summed E-state index contributed by atoms with van der Waals surface area (Å²) in [6.45, 7) is 2.07. The van der Waals surface area contributed by atoms with Crippen molar-refractivity contribution in [3.8, 4) is 16.9 Å². The fourth-order valence-corrected chi connectivity index (χ4v) is 3.84. The van der Waals surface area contributed by atoms with Gasteiger partial charge >= 0.3 is 0 Å². The third kappa shape index (κ3) is 5.73. The smallest absolute Gasteiger partial charge is 0.220 e. The summed E-state index contributed by atoms with van der Waals surface area (Å²) >= 11 is 0. The van der Waals surface area contributed by atoms with Gasteiger partial charge in [-0.05, 0) is 49.4 Å². The molecule has 0 aliphatic rings. The van der Waals surface area contributed by atoms with Crippen LogP contribution in [0.1, 0.15) is 30.9 Å². The number of nitrogens with zero attached hydrogens (tertiary/aromatic N) is 2. The number of aromatic nitrogens is 2. The molecule has 0 fully saturated rings. The molecule has 0 bridgehead atoms. The summed E-state index contributed by atoms with van der Waals surface area (Å²) < 4.78 is 1.90. The van der Waals surface area contributed by atoms with Crippen LogP contribution in [0.15, 0.2) is 97.2 Å².